The number of carbonyl (C=O) groups is 1. The highest BCUT2D eigenvalue weighted by Gasteiger charge is 2.44. The third-order valence-corrected chi connectivity index (χ3v) is 11.8. The maximum absolute atomic E-state index is 13.0. The SMILES string of the molecule is CC/C=C\C/C=C\C/C=C\C/C=C\C/C=C\C/C=C\C/C=C\C/C=C\C/C=C\C/C=C\CCCCCCC(=O)NC(COC1OC(CO)C(O)C(O)C1O)C(O)/C=C/CC/C=C/CC/C=C/CCCCCC. The highest BCUT2D eigenvalue weighted by atomic mass is 16.7. The third-order valence-electron chi connectivity index (χ3n) is 11.8. The maximum Gasteiger partial charge on any atom is 0.220 e. The smallest absolute Gasteiger partial charge is 0.220 e. The fourth-order valence-electron chi connectivity index (χ4n) is 7.45. The third kappa shape index (κ3) is 39.4. The average Bonchev–Trinajstić information content (AvgIpc) is 3.38. The maximum atomic E-state index is 13.0. The van der Waals surface area contributed by atoms with Crippen LogP contribution in [0.4, 0.5) is 0 Å². The monoisotopic (exact) mass is 998 g/mol. The second-order valence-corrected chi connectivity index (χ2v) is 18.3. The Morgan fingerprint density at radius 3 is 1.32 bits per heavy atom. The van der Waals surface area contributed by atoms with Gasteiger partial charge in [-0.3, -0.25) is 4.79 Å². The molecule has 0 bridgehead atoms. The molecule has 0 saturated carbocycles. The molecule has 0 aromatic carbocycles. The molecule has 0 aliphatic carbocycles. The van der Waals surface area contributed by atoms with Gasteiger partial charge in [-0.1, -0.05) is 204 Å². The van der Waals surface area contributed by atoms with E-state index in [1.807, 2.05) is 6.08 Å². The van der Waals surface area contributed by atoms with Gasteiger partial charge in [0.05, 0.1) is 25.4 Å². The van der Waals surface area contributed by atoms with E-state index in [1.165, 1.54) is 25.7 Å². The Bertz CT molecular complexity index is 1680. The topological polar surface area (TPSA) is 149 Å². The van der Waals surface area contributed by atoms with Crippen molar-refractivity contribution in [2.45, 2.75) is 217 Å². The van der Waals surface area contributed by atoms with Gasteiger partial charge in [-0.2, -0.15) is 0 Å². The largest absolute Gasteiger partial charge is 0.394 e. The van der Waals surface area contributed by atoms with E-state index in [2.05, 4.69) is 165 Å². The van der Waals surface area contributed by atoms with Gasteiger partial charge in [-0.15, -0.1) is 0 Å². The molecule has 1 saturated heterocycles. The first-order chi connectivity index (χ1) is 35.3. The lowest BCUT2D eigenvalue weighted by Gasteiger charge is -2.40. The van der Waals surface area contributed by atoms with Crippen molar-refractivity contribution in [3.63, 3.8) is 0 Å². The number of amides is 1. The number of carbonyl (C=O) groups excluding carboxylic acids is 1. The van der Waals surface area contributed by atoms with E-state index in [0.29, 0.717) is 19.3 Å². The van der Waals surface area contributed by atoms with Crippen molar-refractivity contribution in [1.29, 1.82) is 0 Å². The summed E-state index contributed by atoms with van der Waals surface area (Å²) in [7, 11) is 0. The van der Waals surface area contributed by atoms with E-state index in [0.717, 1.165) is 116 Å². The number of rotatable bonds is 44. The number of hydrogen-bond donors (Lipinski definition) is 6. The van der Waals surface area contributed by atoms with Crippen molar-refractivity contribution in [1.82, 2.24) is 5.32 Å². The van der Waals surface area contributed by atoms with E-state index in [1.54, 1.807) is 6.08 Å². The van der Waals surface area contributed by atoms with Gasteiger partial charge in [0.25, 0.3) is 0 Å². The second kappa shape index (κ2) is 50.3. The normalized spacial score (nSPS) is 20.5. The number of ether oxygens (including phenoxy) is 2. The summed E-state index contributed by atoms with van der Waals surface area (Å²) in [6.07, 6.45) is 73.0. The first-order valence-electron chi connectivity index (χ1n) is 27.7. The summed E-state index contributed by atoms with van der Waals surface area (Å²) in [4.78, 5) is 13.0. The second-order valence-electron chi connectivity index (χ2n) is 18.3. The summed E-state index contributed by atoms with van der Waals surface area (Å²) in [5, 5.41) is 54.3. The first-order valence-corrected chi connectivity index (χ1v) is 27.7. The van der Waals surface area contributed by atoms with Crippen LogP contribution in [0.3, 0.4) is 0 Å². The zero-order valence-electron chi connectivity index (χ0n) is 44.6. The molecular formula is C63H99NO8. The van der Waals surface area contributed by atoms with Gasteiger partial charge in [-0.05, 0) is 122 Å². The number of aliphatic hydroxyl groups excluding tert-OH is 5. The molecule has 1 amide bonds. The summed E-state index contributed by atoms with van der Waals surface area (Å²) >= 11 is 0. The highest BCUT2D eigenvalue weighted by molar-refractivity contribution is 5.76. The molecule has 1 aliphatic rings. The van der Waals surface area contributed by atoms with Crippen LogP contribution in [0.15, 0.2) is 158 Å². The summed E-state index contributed by atoms with van der Waals surface area (Å²) in [5.41, 5.74) is 0. The fourth-order valence-corrected chi connectivity index (χ4v) is 7.45. The van der Waals surface area contributed by atoms with E-state index in [4.69, 9.17) is 9.47 Å². The molecule has 72 heavy (non-hydrogen) atoms. The molecule has 0 aromatic heterocycles. The summed E-state index contributed by atoms with van der Waals surface area (Å²) in [5.74, 6) is -0.224. The minimum Gasteiger partial charge on any atom is -0.394 e. The minimum atomic E-state index is -1.59. The molecule has 7 unspecified atom stereocenters. The van der Waals surface area contributed by atoms with Crippen LogP contribution >= 0.6 is 0 Å². The molecule has 1 fully saturated rings. The molecule has 9 heteroatoms. The highest BCUT2D eigenvalue weighted by Crippen LogP contribution is 2.22. The van der Waals surface area contributed by atoms with Crippen molar-refractivity contribution < 1.29 is 39.8 Å². The van der Waals surface area contributed by atoms with Crippen LogP contribution in [0.2, 0.25) is 0 Å². The van der Waals surface area contributed by atoms with E-state index in [9.17, 15) is 30.3 Å². The van der Waals surface area contributed by atoms with Gasteiger partial charge in [0.15, 0.2) is 6.29 Å². The molecule has 7 atom stereocenters. The predicted molar refractivity (Wildman–Crippen MR) is 303 cm³/mol. The Labute approximate surface area is 437 Å². The van der Waals surface area contributed by atoms with Gasteiger partial charge >= 0.3 is 0 Å². The lowest BCUT2D eigenvalue weighted by atomic mass is 9.99. The molecule has 0 spiro atoms. The van der Waals surface area contributed by atoms with Crippen molar-refractivity contribution >= 4 is 5.91 Å². The lowest BCUT2D eigenvalue weighted by Crippen LogP contribution is -2.60. The van der Waals surface area contributed by atoms with Gasteiger partial charge in [-0.25, -0.2) is 0 Å². The number of hydrogen-bond acceptors (Lipinski definition) is 8. The molecule has 0 aromatic rings. The van der Waals surface area contributed by atoms with Crippen molar-refractivity contribution in [2.75, 3.05) is 13.2 Å². The van der Waals surface area contributed by atoms with Crippen molar-refractivity contribution in [2.24, 2.45) is 0 Å². The van der Waals surface area contributed by atoms with Gasteiger partial charge in [0.2, 0.25) is 5.91 Å². The van der Waals surface area contributed by atoms with Crippen LogP contribution < -0.4 is 5.32 Å². The fraction of sp³-hybridized carbons (Fsp3) is 0.571. The van der Waals surface area contributed by atoms with E-state index >= 15 is 0 Å². The molecule has 9 nitrogen and oxygen atoms in total. The van der Waals surface area contributed by atoms with Crippen LogP contribution in [-0.2, 0) is 14.3 Å². The van der Waals surface area contributed by atoms with E-state index in [-0.39, 0.29) is 12.5 Å². The average molecular weight is 998 g/mol. The van der Waals surface area contributed by atoms with Crippen molar-refractivity contribution in [3.05, 3.63) is 158 Å². The minimum absolute atomic E-state index is 0.224. The quantitative estimate of drug-likeness (QED) is 0.0261. The Morgan fingerprint density at radius 2 is 0.875 bits per heavy atom. The molecule has 6 N–H and O–H groups in total. The summed E-state index contributed by atoms with van der Waals surface area (Å²) < 4.78 is 11.2. The molecule has 1 aliphatic heterocycles. The van der Waals surface area contributed by atoms with Crippen LogP contribution in [0.1, 0.15) is 174 Å². The molecule has 404 valence electrons. The Morgan fingerprint density at radius 1 is 0.486 bits per heavy atom. The molecule has 0 radical (unpaired) electrons. The van der Waals surface area contributed by atoms with Crippen LogP contribution in [0.25, 0.3) is 0 Å². The first kappa shape index (κ1) is 65.8. The van der Waals surface area contributed by atoms with Gasteiger partial charge in [0, 0.05) is 6.42 Å². The number of unbranched alkanes of at least 4 members (excludes halogenated alkanes) is 10. The zero-order chi connectivity index (χ0) is 52.2. The van der Waals surface area contributed by atoms with Crippen LogP contribution in [0.5, 0.6) is 0 Å². The summed E-state index contributed by atoms with van der Waals surface area (Å²) in [6.45, 7) is 3.57. The number of nitrogens with one attached hydrogen (secondary N) is 1. The van der Waals surface area contributed by atoms with E-state index < -0.39 is 49.5 Å². The molecule has 1 rings (SSSR count). The zero-order valence-corrected chi connectivity index (χ0v) is 44.6. The van der Waals surface area contributed by atoms with Crippen LogP contribution in [0, 0.1) is 0 Å². The van der Waals surface area contributed by atoms with Gasteiger partial charge in [0.1, 0.15) is 24.4 Å². The summed E-state index contributed by atoms with van der Waals surface area (Å²) in [6, 6.07) is -0.854. The van der Waals surface area contributed by atoms with Crippen molar-refractivity contribution in [3.8, 4) is 0 Å². The molecule has 1 heterocycles. The lowest BCUT2D eigenvalue weighted by molar-refractivity contribution is -0.302. The van der Waals surface area contributed by atoms with Crippen LogP contribution in [-0.4, -0.2) is 87.5 Å². The standard InChI is InChI=1S/C63H99NO8/c1-3-5-7-9-11-13-15-17-19-20-21-22-23-24-25-26-27-28-29-30-31-32-33-34-35-36-37-38-39-41-43-45-47-49-51-53-59(67)64-56(55-71-63-62(70)61(69)60(68)58(54-65)72-63)57(66)52-50-48-46-44-42-40-18-16-14-12-10-8-6-4-2/h5,7,11,13-14,16-17,19,21-22,24-25,27-28,30-31,33-34,36-37,39,41-42,44,50,52,56-58,60-63,65-66,68-70H,3-4,6,8-10,12,15,18,20,23,26,29,32,35,38,40,43,45-49,51,53-55H2,1-2H3,(H,64,67)/b7-5-,13-11-,16-14+,19-17-,22-21-,25-24-,28-27-,31-30-,34-33-,37-36-,41-39-,44-42+,52-50+. The molecular weight excluding hydrogens is 899 g/mol. The Balaban J connectivity index is 2.27. The predicted octanol–water partition coefficient (Wildman–Crippen LogP) is 13.7. The number of allylic oxidation sites excluding steroid dienone is 25. The van der Waals surface area contributed by atoms with Gasteiger partial charge < -0.3 is 40.3 Å². The Hall–Kier alpha value is -4.19. The number of aliphatic hydroxyl groups is 5. The Kier molecular flexibility index (Phi) is 46.0.